The van der Waals surface area contributed by atoms with Crippen LogP contribution in [0, 0.1) is 0 Å². The summed E-state index contributed by atoms with van der Waals surface area (Å²) in [6.07, 6.45) is 6.41. The van der Waals surface area contributed by atoms with Gasteiger partial charge >= 0.3 is 12.5 Å². The molecule has 8 nitrogen and oxygen atoms in total. The summed E-state index contributed by atoms with van der Waals surface area (Å²) in [5.41, 5.74) is -0.114. The van der Waals surface area contributed by atoms with Crippen molar-refractivity contribution < 1.29 is 22.5 Å². The van der Waals surface area contributed by atoms with Gasteiger partial charge in [0, 0.05) is 18.3 Å². The Morgan fingerprint density at radius 3 is 2.66 bits per heavy atom. The van der Waals surface area contributed by atoms with E-state index in [2.05, 4.69) is 20.6 Å². The number of carbonyl (C=O) groups excluding carboxylic acids is 1. The van der Waals surface area contributed by atoms with E-state index in [1.165, 1.54) is 4.40 Å². The third-order valence-corrected chi connectivity index (χ3v) is 5.77. The minimum atomic E-state index is -4.49. The molecule has 1 aliphatic rings. The van der Waals surface area contributed by atoms with E-state index in [4.69, 9.17) is 0 Å². The second-order valence-corrected chi connectivity index (χ2v) is 7.97. The van der Waals surface area contributed by atoms with Crippen LogP contribution in [0.5, 0.6) is 0 Å². The number of hydrogen-bond donors (Lipinski definition) is 2. The fourth-order valence-electron chi connectivity index (χ4n) is 4.10. The molecule has 4 aromatic heterocycles. The highest BCUT2D eigenvalue weighted by Gasteiger charge is 2.34. The van der Waals surface area contributed by atoms with Gasteiger partial charge in [0.1, 0.15) is 17.7 Å². The van der Waals surface area contributed by atoms with E-state index in [1.54, 1.807) is 58.3 Å². The first-order valence-electron chi connectivity index (χ1n) is 10.3. The number of rotatable bonds is 4. The summed E-state index contributed by atoms with van der Waals surface area (Å²) in [4.78, 5) is 20.3. The minimum Gasteiger partial charge on any atom is -0.368 e. The summed E-state index contributed by atoms with van der Waals surface area (Å²) >= 11 is 0. The Morgan fingerprint density at radius 1 is 1.09 bits per heavy atom. The SMILES string of the molecule is O=C(N[C@H]1CC[C@@H](Nc2cccc3nc(C(F)(F)F)cn23)CC1)c1cc[n+]2cncn2c1. The third kappa shape index (κ3) is 3.97. The Hall–Kier alpha value is -3.63. The number of anilines is 1. The van der Waals surface area contributed by atoms with Gasteiger partial charge in [0.2, 0.25) is 6.33 Å². The van der Waals surface area contributed by atoms with Crippen molar-refractivity contribution in [1.29, 1.82) is 0 Å². The molecule has 0 unspecified atom stereocenters. The van der Waals surface area contributed by atoms with Crippen molar-refractivity contribution in [3.05, 3.63) is 66.8 Å². The Kier molecular flexibility index (Phi) is 4.95. The van der Waals surface area contributed by atoms with Crippen LogP contribution in [0.2, 0.25) is 0 Å². The smallest absolute Gasteiger partial charge is 0.368 e. The van der Waals surface area contributed by atoms with E-state index >= 15 is 0 Å². The molecule has 1 saturated carbocycles. The third-order valence-electron chi connectivity index (χ3n) is 5.77. The summed E-state index contributed by atoms with van der Waals surface area (Å²) in [7, 11) is 0. The van der Waals surface area contributed by atoms with Crippen molar-refractivity contribution in [2.24, 2.45) is 0 Å². The highest BCUT2D eigenvalue weighted by molar-refractivity contribution is 5.93. The van der Waals surface area contributed by atoms with Crippen molar-refractivity contribution in [1.82, 2.24) is 24.2 Å². The highest BCUT2D eigenvalue weighted by atomic mass is 19.4. The molecule has 5 rings (SSSR count). The predicted molar refractivity (Wildman–Crippen MR) is 108 cm³/mol. The van der Waals surface area contributed by atoms with E-state index in [0.29, 0.717) is 11.4 Å². The molecule has 4 heterocycles. The van der Waals surface area contributed by atoms with Crippen LogP contribution in [0.25, 0.3) is 5.65 Å². The van der Waals surface area contributed by atoms with Gasteiger partial charge in [-0.25, -0.2) is 4.98 Å². The zero-order valence-electron chi connectivity index (χ0n) is 17.0. The lowest BCUT2D eigenvalue weighted by Crippen LogP contribution is -2.40. The lowest BCUT2D eigenvalue weighted by atomic mass is 9.91. The van der Waals surface area contributed by atoms with Gasteiger partial charge in [-0.2, -0.15) is 13.2 Å². The van der Waals surface area contributed by atoms with Crippen LogP contribution in [0.3, 0.4) is 0 Å². The summed E-state index contributed by atoms with van der Waals surface area (Å²) < 4.78 is 43.9. The van der Waals surface area contributed by atoms with Crippen molar-refractivity contribution in [2.75, 3.05) is 5.32 Å². The summed E-state index contributed by atoms with van der Waals surface area (Å²) in [5, 5.41) is 6.42. The van der Waals surface area contributed by atoms with Crippen LogP contribution in [0.4, 0.5) is 19.0 Å². The maximum Gasteiger partial charge on any atom is 0.434 e. The number of nitrogens with zero attached hydrogens (tertiary/aromatic N) is 5. The first-order chi connectivity index (χ1) is 15.4. The topological polar surface area (TPSA) is 79.8 Å². The molecule has 0 radical (unpaired) electrons. The molecule has 1 amide bonds. The molecular formula is C21H21F3N7O+. The van der Waals surface area contributed by atoms with E-state index in [0.717, 1.165) is 31.9 Å². The van der Waals surface area contributed by atoms with Gasteiger partial charge in [-0.3, -0.25) is 9.20 Å². The van der Waals surface area contributed by atoms with Crippen molar-refractivity contribution >= 4 is 17.4 Å². The number of amides is 1. The molecule has 0 saturated heterocycles. The lowest BCUT2D eigenvalue weighted by molar-refractivity contribution is -0.619. The maximum atomic E-state index is 13.0. The van der Waals surface area contributed by atoms with Crippen molar-refractivity contribution in [2.45, 2.75) is 43.9 Å². The molecule has 0 aromatic carbocycles. The largest absolute Gasteiger partial charge is 0.434 e. The number of nitrogens with one attached hydrogen (secondary N) is 2. The molecule has 0 aliphatic heterocycles. The van der Waals surface area contributed by atoms with Crippen LogP contribution >= 0.6 is 0 Å². The quantitative estimate of drug-likeness (QED) is 0.475. The maximum absolute atomic E-state index is 13.0. The lowest BCUT2D eigenvalue weighted by Gasteiger charge is -2.30. The van der Waals surface area contributed by atoms with Gasteiger partial charge in [0.05, 0.1) is 11.8 Å². The molecule has 166 valence electrons. The van der Waals surface area contributed by atoms with Crippen LogP contribution in [0.1, 0.15) is 41.7 Å². The Balaban J connectivity index is 1.20. The second-order valence-electron chi connectivity index (χ2n) is 7.97. The number of imidazole rings is 1. The van der Waals surface area contributed by atoms with Crippen LogP contribution in [-0.4, -0.2) is 36.9 Å². The van der Waals surface area contributed by atoms with Crippen molar-refractivity contribution in [3.63, 3.8) is 0 Å². The first kappa shape index (κ1) is 20.3. The van der Waals surface area contributed by atoms with E-state index in [1.807, 2.05) is 0 Å². The number of pyridine rings is 1. The number of aromatic nitrogens is 5. The average molecular weight is 444 g/mol. The fraction of sp³-hybridized carbons (Fsp3) is 0.333. The first-order valence-corrected chi connectivity index (χ1v) is 10.3. The Morgan fingerprint density at radius 2 is 1.88 bits per heavy atom. The molecule has 1 fully saturated rings. The molecular weight excluding hydrogens is 423 g/mol. The molecule has 0 atom stereocenters. The van der Waals surface area contributed by atoms with Gasteiger partial charge in [-0.15, -0.1) is 9.03 Å². The van der Waals surface area contributed by atoms with Crippen LogP contribution < -0.4 is 15.1 Å². The van der Waals surface area contributed by atoms with E-state index in [-0.39, 0.29) is 23.6 Å². The monoisotopic (exact) mass is 444 g/mol. The normalized spacial score (nSPS) is 19.3. The molecule has 0 bridgehead atoms. The minimum absolute atomic E-state index is 0.0487. The van der Waals surface area contributed by atoms with Gasteiger partial charge < -0.3 is 10.6 Å². The highest BCUT2D eigenvalue weighted by Crippen LogP contribution is 2.30. The molecule has 32 heavy (non-hydrogen) atoms. The van der Waals surface area contributed by atoms with Gasteiger partial charge in [0.15, 0.2) is 5.69 Å². The van der Waals surface area contributed by atoms with Crippen LogP contribution in [-0.2, 0) is 6.18 Å². The summed E-state index contributed by atoms with van der Waals surface area (Å²) in [6, 6.07) is 6.87. The van der Waals surface area contributed by atoms with Gasteiger partial charge in [-0.1, -0.05) is 6.07 Å². The second kappa shape index (κ2) is 7.81. The Labute approximate surface area is 180 Å². The zero-order valence-corrected chi connectivity index (χ0v) is 17.0. The molecule has 1 aliphatic carbocycles. The number of hydrogen-bond acceptors (Lipinski definition) is 4. The molecule has 11 heteroatoms. The van der Waals surface area contributed by atoms with Gasteiger partial charge in [-0.05, 0) is 48.9 Å². The number of carbonyl (C=O) groups is 1. The van der Waals surface area contributed by atoms with E-state index < -0.39 is 11.9 Å². The van der Waals surface area contributed by atoms with E-state index in [9.17, 15) is 18.0 Å². The standard InChI is InChI=1S/C21H20F3N7O/c22-21(23,24)17-11-31-18(2-1-3-19(31)28-17)26-15-4-6-16(7-5-15)27-20(32)14-8-9-29-12-25-13-30(29)10-14/h1-3,8-13,15-16H,4-7H2,(H-,26,27,28,32)/p+1/t15-,16+. The van der Waals surface area contributed by atoms with Crippen LogP contribution in [0.15, 0.2) is 55.5 Å². The van der Waals surface area contributed by atoms with Gasteiger partial charge in [0.25, 0.3) is 5.91 Å². The summed E-state index contributed by atoms with van der Waals surface area (Å²) in [6.45, 7) is 0. The predicted octanol–water partition coefficient (Wildman–Crippen LogP) is 2.74. The number of alkyl halides is 3. The molecule has 2 N–H and O–H groups in total. The Bertz CT molecular complexity index is 1270. The summed E-state index contributed by atoms with van der Waals surface area (Å²) in [5.74, 6) is 0.435. The zero-order chi connectivity index (χ0) is 22.3. The average Bonchev–Trinajstić information content (AvgIpc) is 3.42. The number of halogens is 3. The van der Waals surface area contributed by atoms with Crippen molar-refractivity contribution in [3.8, 4) is 0 Å². The molecule has 4 aromatic rings. The molecule has 0 spiro atoms. The fourth-order valence-corrected chi connectivity index (χ4v) is 4.10. The number of fused-ring (bicyclic) bond motifs is 2.